The molecular formula is C15H22N2O5S. The van der Waals surface area contributed by atoms with E-state index >= 15 is 0 Å². The fourth-order valence-corrected chi connectivity index (χ4v) is 3.47. The van der Waals surface area contributed by atoms with Crippen LogP contribution >= 0.6 is 0 Å². The summed E-state index contributed by atoms with van der Waals surface area (Å²) in [6, 6.07) is 4.74. The van der Waals surface area contributed by atoms with Gasteiger partial charge in [-0.3, -0.25) is 4.79 Å². The molecule has 1 aliphatic rings. The number of benzene rings is 1. The summed E-state index contributed by atoms with van der Waals surface area (Å²) in [7, 11) is -0.239. The SMILES string of the molecule is COc1cc(OC)cc(C(=O)N2CCCC(NS(C)(=O)=O)C2)c1. The van der Waals surface area contributed by atoms with Crippen molar-refractivity contribution in [3.05, 3.63) is 23.8 Å². The second-order valence-electron chi connectivity index (χ2n) is 5.58. The fraction of sp³-hybridized carbons (Fsp3) is 0.533. The minimum atomic E-state index is -3.29. The summed E-state index contributed by atoms with van der Waals surface area (Å²) in [4.78, 5) is 14.3. The van der Waals surface area contributed by atoms with Crippen LogP contribution in [0.2, 0.25) is 0 Å². The number of piperidine rings is 1. The van der Waals surface area contributed by atoms with E-state index in [1.165, 1.54) is 14.2 Å². The average molecular weight is 342 g/mol. The number of nitrogens with one attached hydrogen (secondary N) is 1. The first-order valence-electron chi connectivity index (χ1n) is 7.32. The van der Waals surface area contributed by atoms with E-state index in [9.17, 15) is 13.2 Å². The summed E-state index contributed by atoms with van der Waals surface area (Å²) in [5.41, 5.74) is 0.459. The van der Waals surface area contributed by atoms with Crippen LogP contribution in [0.15, 0.2) is 18.2 Å². The highest BCUT2D eigenvalue weighted by molar-refractivity contribution is 7.88. The van der Waals surface area contributed by atoms with Crippen molar-refractivity contribution in [2.24, 2.45) is 0 Å². The van der Waals surface area contributed by atoms with Crippen LogP contribution < -0.4 is 14.2 Å². The highest BCUT2D eigenvalue weighted by atomic mass is 32.2. The van der Waals surface area contributed by atoms with E-state index in [0.29, 0.717) is 30.2 Å². The van der Waals surface area contributed by atoms with Gasteiger partial charge in [0.1, 0.15) is 11.5 Å². The number of methoxy groups -OCH3 is 2. The molecule has 1 aromatic carbocycles. The van der Waals surface area contributed by atoms with E-state index in [4.69, 9.17) is 9.47 Å². The van der Waals surface area contributed by atoms with Gasteiger partial charge in [0.2, 0.25) is 10.0 Å². The number of ether oxygens (including phenoxy) is 2. The fourth-order valence-electron chi connectivity index (χ4n) is 2.67. The average Bonchev–Trinajstić information content (AvgIpc) is 2.52. The maximum atomic E-state index is 12.7. The zero-order valence-electron chi connectivity index (χ0n) is 13.5. The number of carbonyl (C=O) groups excluding carboxylic acids is 1. The quantitative estimate of drug-likeness (QED) is 0.858. The second kappa shape index (κ2) is 7.18. The molecule has 0 spiro atoms. The molecule has 7 nitrogen and oxygen atoms in total. The van der Waals surface area contributed by atoms with Gasteiger partial charge in [-0.05, 0) is 25.0 Å². The number of hydrogen-bond acceptors (Lipinski definition) is 5. The van der Waals surface area contributed by atoms with E-state index in [2.05, 4.69) is 4.72 Å². The number of likely N-dealkylation sites (tertiary alicyclic amines) is 1. The second-order valence-corrected chi connectivity index (χ2v) is 7.36. The van der Waals surface area contributed by atoms with Gasteiger partial charge in [0.15, 0.2) is 0 Å². The molecule has 128 valence electrons. The molecule has 1 aromatic rings. The Morgan fingerprint density at radius 2 is 1.83 bits per heavy atom. The van der Waals surface area contributed by atoms with Crippen molar-refractivity contribution in [3.8, 4) is 11.5 Å². The summed E-state index contributed by atoms with van der Waals surface area (Å²) < 4.78 is 35.7. The molecule has 1 unspecified atom stereocenters. The number of sulfonamides is 1. The lowest BCUT2D eigenvalue weighted by atomic mass is 10.1. The van der Waals surface area contributed by atoms with Gasteiger partial charge in [0.25, 0.3) is 5.91 Å². The van der Waals surface area contributed by atoms with Crippen LogP contribution in [0.25, 0.3) is 0 Å². The lowest BCUT2D eigenvalue weighted by Gasteiger charge is -2.32. The van der Waals surface area contributed by atoms with Crippen molar-refractivity contribution < 1.29 is 22.7 Å². The molecule has 8 heteroatoms. The van der Waals surface area contributed by atoms with Crippen molar-refractivity contribution >= 4 is 15.9 Å². The molecule has 1 fully saturated rings. The minimum absolute atomic E-state index is 0.165. The predicted octanol–water partition coefficient (Wildman–Crippen LogP) is 0.858. The number of nitrogens with zero attached hydrogens (tertiary/aromatic N) is 1. The van der Waals surface area contributed by atoms with Crippen LogP contribution in [0.3, 0.4) is 0 Å². The van der Waals surface area contributed by atoms with Gasteiger partial charge in [-0.2, -0.15) is 0 Å². The van der Waals surface area contributed by atoms with E-state index in [1.807, 2.05) is 0 Å². The normalized spacial score (nSPS) is 18.6. The molecule has 1 atom stereocenters. The van der Waals surface area contributed by atoms with Crippen LogP contribution in [0.5, 0.6) is 11.5 Å². The zero-order valence-corrected chi connectivity index (χ0v) is 14.4. The van der Waals surface area contributed by atoms with Crippen molar-refractivity contribution in [1.29, 1.82) is 0 Å². The van der Waals surface area contributed by atoms with E-state index < -0.39 is 10.0 Å². The smallest absolute Gasteiger partial charge is 0.254 e. The standard InChI is InChI=1S/C15H22N2O5S/c1-21-13-7-11(8-14(9-13)22-2)15(18)17-6-4-5-12(10-17)16-23(3,19)20/h7-9,12,16H,4-6,10H2,1-3H3. The zero-order chi connectivity index (χ0) is 17.0. The monoisotopic (exact) mass is 342 g/mol. The van der Waals surface area contributed by atoms with Gasteiger partial charge in [-0.1, -0.05) is 0 Å². The number of amides is 1. The first kappa shape index (κ1) is 17.6. The molecule has 0 saturated carbocycles. The van der Waals surface area contributed by atoms with Crippen molar-refractivity contribution in [2.45, 2.75) is 18.9 Å². The molecule has 0 aliphatic carbocycles. The Labute approximate surface area is 136 Å². The van der Waals surface area contributed by atoms with Crippen LogP contribution in [-0.2, 0) is 10.0 Å². The van der Waals surface area contributed by atoms with Crippen LogP contribution in [0.4, 0.5) is 0 Å². The topological polar surface area (TPSA) is 84.9 Å². The molecule has 2 rings (SSSR count). The lowest BCUT2D eigenvalue weighted by Crippen LogP contribution is -2.49. The summed E-state index contributed by atoms with van der Waals surface area (Å²) in [5.74, 6) is 0.910. The summed E-state index contributed by atoms with van der Waals surface area (Å²) in [5, 5.41) is 0. The summed E-state index contributed by atoms with van der Waals surface area (Å²) >= 11 is 0. The van der Waals surface area contributed by atoms with E-state index in [-0.39, 0.29) is 11.9 Å². The van der Waals surface area contributed by atoms with Crippen LogP contribution in [-0.4, -0.2) is 58.8 Å². The van der Waals surface area contributed by atoms with Gasteiger partial charge in [0.05, 0.1) is 20.5 Å². The van der Waals surface area contributed by atoms with Gasteiger partial charge >= 0.3 is 0 Å². The first-order valence-corrected chi connectivity index (χ1v) is 9.21. The number of hydrogen-bond donors (Lipinski definition) is 1. The van der Waals surface area contributed by atoms with Gasteiger partial charge in [-0.25, -0.2) is 13.1 Å². The third kappa shape index (κ3) is 4.84. The molecular weight excluding hydrogens is 320 g/mol. The Kier molecular flexibility index (Phi) is 5.48. The molecule has 0 aromatic heterocycles. The Morgan fingerprint density at radius 3 is 2.35 bits per heavy atom. The number of carbonyl (C=O) groups is 1. The predicted molar refractivity (Wildman–Crippen MR) is 86.5 cm³/mol. The Hall–Kier alpha value is -1.80. The van der Waals surface area contributed by atoms with Gasteiger partial charge < -0.3 is 14.4 Å². The highest BCUT2D eigenvalue weighted by Crippen LogP contribution is 2.24. The third-order valence-electron chi connectivity index (χ3n) is 3.69. The maximum absolute atomic E-state index is 12.7. The maximum Gasteiger partial charge on any atom is 0.254 e. The third-order valence-corrected chi connectivity index (χ3v) is 4.45. The van der Waals surface area contributed by atoms with E-state index in [0.717, 1.165) is 19.1 Å². The highest BCUT2D eigenvalue weighted by Gasteiger charge is 2.26. The van der Waals surface area contributed by atoms with Crippen molar-refractivity contribution in [3.63, 3.8) is 0 Å². The van der Waals surface area contributed by atoms with Crippen LogP contribution in [0.1, 0.15) is 23.2 Å². The molecule has 1 N–H and O–H groups in total. The summed E-state index contributed by atoms with van der Waals surface area (Å²) in [6.45, 7) is 0.950. The van der Waals surface area contributed by atoms with E-state index in [1.54, 1.807) is 23.1 Å². The molecule has 1 aliphatic heterocycles. The Morgan fingerprint density at radius 1 is 1.22 bits per heavy atom. The molecule has 1 amide bonds. The van der Waals surface area contributed by atoms with Crippen molar-refractivity contribution in [1.82, 2.24) is 9.62 Å². The Bertz CT molecular complexity index is 652. The van der Waals surface area contributed by atoms with Crippen molar-refractivity contribution in [2.75, 3.05) is 33.6 Å². The lowest BCUT2D eigenvalue weighted by molar-refractivity contribution is 0.0702. The minimum Gasteiger partial charge on any atom is -0.497 e. The van der Waals surface area contributed by atoms with Crippen LogP contribution in [0, 0.1) is 0 Å². The first-order chi connectivity index (χ1) is 10.8. The Balaban J connectivity index is 2.16. The molecule has 1 heterocycles. The van der Waals surface area contributed by atoms with Gasteiger partial charge in [0, 0.05) is 30.8 Å². The number of rotatable bonds is 5. The molecule has 0 bridgehead atoms. The largest absolute Gasteiger partial charge is 0.497 e. The molecule has 1 saturated heterocycles. The molecule has 0 radical (unpaired) electrons. The van der Waals surface area contributed by atoms with Gasteiger partial charge in [-0.15, -0.1) is 0 Å². The summed E-state index contributed by atoms with van der Waals surface area (Å²) in [6.07, 6.45) is 2.60. The molecule has 23 heavy (non-hydrogen) atoms.